The number of hydrogen-bond donors (Lipinski definition) is 0. The molecule has 0 bridgehead atoms. The van der Waals surface area contributed by atoms with Gasteiger partial charge in [0.05, 0.1) is 0 Å². The van der Waals surface area contributed by atoms with Gasteiger partial charge in [-0.2, -0.15) is 0 Å². The van der Waals surface area contributed by atoms with Gasteiger partial charge in [0.15, 0.2) is 0 Å². The minimum Gasteiger partial charge on any atom is -0.295 e. The summed E-state index contributed by atoms with van der Waals surface area (Å²) in [6.45, 7) is 7.07. The van der Waals surface area contributed by atoms with Crippen LogP contribution in [0.5, 0.6) is 0 Å². The molecule has 0 aliphatic carbocycles. The molecule has 0 atom stereocenters. The van der Waals surface area contributed by atoms with E-state index in [4.69, 9.17) is 0 Å². The zero-order valence-electron chi connectivity index (χ0n) is 18.4. The molecule has 0 N–H and O–H groups in total. The third kappa shape index (κ3) is 11.7. The molecule has 0 aromatic heterocycles. The van der Waals surface area contributed by atoms with Gasteiger partial charge < -0.3 is 0 Å². The number of unbranched alkanes of at least 4 members (excludes halogenated alkanes) is 10. The second-order valence-electron chi connectivity index (χ2n) is 8.29. The Morgan fingerprint density at radius 1 is 0.552 bits per heavy atom. The van der Waals surface area contributed by atoms with E-state index in [0.29, 0.717) is 0 Å². The number of allylic oxidation sites excluding steroid dienone is 1. The SMILES string of the molecule is C=CCCCCCCCCCCCCN(Cc1ccccc1)Cc1ccccc1. The first kappa shape index (κ1) is 23.4. The van der Waals surface area contributed by atoms with Gasteiger partial charge in [0.2, 0.25) is 0 Å². The quantitative estimate of drug-likeness (QED) is 0.194. The van der Waals surface area contributed by atoms with Gasteiger partial charge in [-0.3, -0.25) is 4.90 Å². The van der Waals surface area contributed by atoms with Crippen molar-refractivity contribution in [1.29, 1.82) is 0 Å². The molecule has 2 rings (SSSR count). The maximum atomic E-state index is 3.79. The summed E-state index contributed by atoms with van der Waals surface area (Å²) in [6, 6.07) is 21.8. The summed E-state index contributed by atoms with van der Waals surface area (Å²) in [6.07, 6.45) is 17.1. The lowest BCUT2D eigenvalue weighted by molar-refractivity contribution is 0.250. The van der Waals surface area contributed by atoms with Gasteiger partial charge in [0, 0.05) is 13.1 Å². The van der Waals surface area contributed by atoms with Crippen LogP contribution in [-0.2, 0) is 13.1 Å². The number of benzene rings is 2. The lowest BCUT2D eigenvalue weighted by Gasteiger charge is -2.22. The van der Waals surface area contributed by atoms with E-state index in [9.17, 15) is 0 Å². The minimum atomic E-state index is 1.04. The van der Waals surface area contributed by atoms with Crippen LogP contribution in [-0.4, -0.2) is 11.4 Å². The van der Waals surface area contributed by atoms with Crippen molar-refractivity contribution in [2.75, 3.05) is 6.54 Å². The average Bonchev–Trinajstić information content (AvgIpc) is 2.76. The molecule has 0 heterocycles. The van der Waals surface area contributed by atoms with Gasteiger partial charge in [0.1, 0.15) is 0 Å². The number of nitrogens with zero attached hydrogens (tertiary/aromatic N) is 1. The van der Waals surface area contributed by atoms with E-state index in [-0.39, 0.29) is 0 Å². The third-order valence-corrected chi connectivity index (χ3v) is 5.63. The first-order valence-corrected chi connectivity index (χ1v) is 11.8. The van der Waals surface area contributed by atoms with Crippen LogP contribution in [0.4, 0.5) is 0 Å². The molecule has 0 spiro atoms. The van der Waals surface area contributed by atoms with E-state index in [2.05, 4.69) is 72.1 Å². The molecule has 1 nitrogen and oxygen atoms in total. The minimum absolute atomic E-state index is 1.04. The van der Waals surface area contributed by atoms with Crippen LogP contribution in [0, 0.1) is 0 Å². The van der Waals surface area contributed by atoms with Crippen LogP contribution in [0.25, 0.3) is 0 Å². The molecule has 0 radical (unpaired) electrons. The molecule has 0 saturated carbocycles. The van der Waals surface area contributed by atoms with E-state index >= 15 is 0 Å². The summed E-state index contributed by atoms with van der Waals surface area (Å²) in [5, 5.41) is 0. The van der Waals surface area contributed by atoms with Crippen molar-refractivity contribution in [3.8, 4) is 0 Å². The van der Waals surface area contributed by atoms with Crippen molar-refractivity contribution in [2.45, 2.75) is 83.7 Å². The van der Waals surface area contributed by atoms with Crippen molar-refractivity contribution < 1.29 is 0 Å². The molecule has 0 saturated heterocycles. The Morgan fingerprint density at radius 3 is 1.41 bits per heavy atom. The molecule has 0 fully saturated rings. The fraction of sp³-hybridized carbons (Fsp3) is 0.500. The molecule has 0 unspecified atom stereocenters. The highest BCUT2D eigenvalue weighted by molar-refractivity contribution is 5.17. The van der Waals surface area contributed by atoms with Crippen LogP contribution in [0.1, 0.15) is 81.8 Å². The highest BCUT2D eigenvalue weighted by atomic mass is 15.1. The van der Waals surface area contributed by atoms with Crippen LogP contribution >= 0.6 is 0 Å². The molecular weight excluding hydrogens is 350 g/mol. The second kappa shape index (κ2) is 16.0. The normalized spacial score (nSPS) is 11.1. The van der Waals surface area contributed by atoms with Gasteiger partial charge in [-0.15, -0.1) is 6.58 Å². The standard InChI is InChI=1S/C28H41N/c1-2-3-4-5-6-7-8-9-10-11-12-19-24-29(25-27-20-15-13-16-21-27)26-28-22-17-14-18-23-28/h2,13-18,20-23H,1,3-12,19,24-26H2. The summed E-state index contributed by atoms with van der Waals surface area (Å²) in [5.41, 5.74) is 2.83. The Kier molecular flexibility index (Phi) is 12.9. The van der Waals surface area contributed by atoms with Crippen molar-refractivity contribution in [2.24, 2.45) is 0 Å². The van der Waals surface area contributed by atoms with E-state index in [1.54, 1.807) is 0 Å². The molecule has 2 aromatic carbocycles. The molecular formula is C28H41N. The Labute approximate surface area is 179 Å². The topological polar surface area (TPSA) is 3.24 Å². The van der Waals surface area contributed by atoms with Gasteiger partial charge in [-0.25, -0.2) is 0 Å². The van der Waals surface area contributed by atoms with Gasteiger partial charge >= 0.3 is 0 Å². The molecule has 0 aliphatic rings. The predicted octanol–water partition coefficient (Wildman–Crippen LogP) is 8.17. The van der Waals surface area contributed by atoms with Crippen LogP contribution < -0.4 is 0 Å². The smallest absolute Gasteiger partial charge is 0.0237 e. The lowest BCUT2D eigenvalue weighted by atomic mass is 10.1. The van der Waals surface area contributed by atoms with E-state index in [0.717, 1.165) is 13.1 Å². The zero-order chi connectivity index (χ0) is 20.4. The Morgan fingerprint density at radius 2 is 0.966 bits per heavy atom. The van der Waals surface area contributed by atoms with Gasteiger partial charge in [-0.1, -0.05) is 118 Å². The Bertz CT molecular complexity index is 578. The first-order chi connectivity index (χ1) is 14.4. The summed E-state index contributed by atoms with van der Waals surface area (Å²) >= 11 is 0. The van der Waals surface area contributed by atoms with E-state index in [1.807, 2.05) is 6.08 Å². The Hall–Kier alpha value is -1.86. The summed E-state index contributed by atoms with van der Waals surface area (Å²) in [5.74, 6) is 0. The third-order valence-electron chi connectivity index (χ3n) is 5.63. The first-order valence-electron chi connectivity index (χ1n) is 11.8. The van der Waals surface area contributed by atoms with Crippen molar-refractivity contribution in [1.82, 2.24) is 4.90 Å². The molecule has 29 heavy (non-hydrogen) atoms. The maximum Gasteiger partial charge on any atom is 0.0237 e. The molecule has 1 heteroatoms. The Balaban J connectivity index is 1.59. The highest BCUT2D eigenvalue weighted by Gasteiger charge is 2.07. The highest BCUT2D eigenvalue weighted by Crippen LogP contribution is 2.14. The molecule has 0 aliphatic heterocycles. The summed E-state index contributed by atoms with van der Waals surface area (Å²) in [4.78, 5) is 2.61. The van der Waals surface area contributed by atoms with Crippen molar-refractivity contribution in [3.05, 3.63) is 84.4 Å². The summed E-state index contributed by atoms with van der Waals surface area (Å²) in [7, 11) is 0. The number of hydrogen-bond acceptors (Lipinski definition) is 1. The summed E-state index contributed by atoms with van der Waals surface area (Å²) < 4.78 is 0. The van der Waals surface area contributed by atoms with Crippen LogP contribution in [0.3, 0.4) is 0 Å². The van der Waals surface area contributed by atoms with Gasteiger partial charge in [0.25, 0.3) is 0 Å². The zero-order valence-corrected chi connectivity index (χ0v) is 18.4. The van der Waals surface area contributed by atoms with Crippen LogP contribution in [0.2, 0.25) is 0 Å². The molecule has 2 aromatic rings. The monoisotopic (exact) mass is 391 g/mol. The van der Waals surface area contributed by atoms with E-state index < -0.39 is 0 Å². The molecule has 158 valence electrons. The number of rotatable bonds is 17. The van der Waals surface area contributed by atoms with Crippen LogP contribution in [0.15, 0.2) is 73.3 Å². The maximum absolute atomic E-state index is 3.79. The van der Waals surface area contributed by atoms with Crippen molar-refractivity contribution in [3.63, 3.8) is 0 Å². The van der Waals surface area contributed by atoms with E-state index in [1.165, 1.54) is 88.3 Å². The fourth-order valence-corrected chi connectivity index (χ4v) is 3.94. The van der Waals surface area contributed by atoms with Gasteiger partial charge in [-0.05, 0) is 36.9 Å². The predicted molar refractivity (Wildman–Crippen MR) is 128 cm³/mol. The average molecular weight is 392 g/mol. The largest absolute Gasteiger partial charge is 0.295 e. The van der Waals surface area contributed by atoms with Crippen molar-refractivity contribution >= 4 is 0 Å². The second-order valence-corrected chi connectivity index (χ2v) is 8.29. The fourth-order valence-electron chi connectivity index (χ4n) is 3.94. The molecule has 0 amide bonds. The lowest BCUT2D eigenvalue weighted by Crippen LogP contribution is -2.24.